The van der Waals surface area contributed by atoms with E-state index in [1.165, 1.54) is 0 Å². The summed E-state index contributed by atoms with van der Waals surface area (Å²) in [5.41, 5.74) is 1.72. The van der Waals surface area contributed by atoms with Gasteiger partial charge in [-0.15, -0.1) is 0 Å². The van der Waals surface area contributed by atoms with E-state index in [4.69, 9.17) is 0 Å². The summed E-state index contributed by atoms with van der Waals surface area (Å²) in [6, 6.07) is 8.03. The van der Waals surface area contributed by atoms with E-state index in [1.807, 2.05) is 18.2 Å². The van der Waals surface area contributed by atoms with Crippen LogP contribution in [0.5, 0.6) is 0 Å². The Balaban J connectivity index is 1.76. The van der Waals surface area contributed by atoms with Crippen molar-refractivity contribution in [3.63, 3.8) is 0 Å². The summed E-state index contributed by atoms with van der Waals surface area (Å²) in [6.45, 7) is 2.84. The van der Waals surface area contributed by atoms with Gasteiger partial charge < -0.3 is 5.32 Å². The number of Topliss-reactive ketones (excluding diaryl/α,β-unsaturated/α-hetero) is 1. The molecule has 4 rings (SSSR count). The van der Waals surface area contributed by atoms with Gasteiger partial charge in [0.05, 0.1) is 6.04 Å². The van der Waals surface area contributed by atoms with Crippen molar-refractivity contribution in [1.29, 1.82) is 0 Å². The third kappa shape index (κ3) is 1.93. The number of nitrogens with zero attached hydrogens (tertiary/aromatic N) is 1. The molecule has 0 aromatic heterocycles. The second-order valence-electron chi connectivity index (χ2n) is 7.14. The summed E-state index contributed by atoms with van der Waals surface area (Å²) >= 11 is 0. The lowest BCUT2D eigenvalue weighted by molar-refractivity contribution is -0.128. The predicted molar refractivity (Wildman–Crippen MR) is 84.4 cm³/mol. The van der Waals surface area contributed by atoms with Crippen LogP contribution in [-0.2, 0) is 16.1 Å². The monoisotopic (exact) mass is 298 g/mol. The molecule has 0 unspecified atom stereocenters. The maximum atomic E-state index is 12.7. The van der Waals surface area contributed by atoms with Crippen molar-refractivity contribution in [3.8, 4) is 0 Å². The van der Waals surface area contributed by atoms with Crippen LogP contribution in [0.3, 0.4) is 0 Å². The number of carbonyl (C=O) groups is 2. The van der Waals surface area contributed by atoms with E-state index in [9.17, 15) is 9.59 Å². The number of carbonyl (C=O) groups excluding carboxylic acids is 2. The number of nitrogens with one attached hydrogen (secondary N) is 1. The smallest absolute Gasteiger partial charge is 0.241 e. The molecule has 1 amide bonds. The van der Waals surface area contributed by atoms with Crippen molar-refractivity contribution >= 4 is 17.4 Å². The minimum atomic E-state index is -0.356. The molecule has 4 nitrogen and oxygen atoms in total. The number of anilines is 1. The van der Waals surface area contributed by atoms with Crippen molar-refractivity contribution in [3.05, 3.63) is 29.8 Å². The first-order valence-electron chi connectivity index (χ1n) is 8.27. The average Bonchev–Trinajstić information content (AvgIpc) is 2.61. The van der Waals surface area contributed by atoms with Crippen LogP contribution in [0.2, 0.25) is 0 Å². The summed E-state index contributed by atoms with van der Waals surface area (Å²) in [6.07, 6.45) is 4.43. The standard InChI is InChI=1S/C18H22N2O2/c1-18-10-14-17(22)19-13-7-3-2-6-12(13)11-20(14)15(18)8-4-5-9-16(18)21/h2-3,6-7,14-15H,4-5,8-11H2,1H3,(H,19,22)/t14-,15-,18-/m1/s1. The number of hydrogen-bond donors (Lipinski definition) is 1. The second-order valence-corrected chi connectivity index (χ2v) is 7.14. The Kier molecular flexibility index (Phi) is 3.12. The molecular formula is C18H22N2O2. The highest BCUT2D eigenvalue weighted by atomic mass is 16.2. The predicted octanol–water partition coefficient (Wildman–Crippen LogP) is 2.73. The third-order valence-electron chi connectivity index (χ3n) is 5.85. The Labute approximate surface area is 130 Å². The lowest BCUT2D eigenvalue weighted by Crippen LogP contribution is -2.43. The minimum Gasteiger partial charge on any atom is -0.324 e. The molecule has 1 saturated heterocycles. The Hall–Kier alpha value is -1.68. The van der Waals surface area contributed by atoms with Gasteiger partial charge in [-0.2, -0.15) is 0 Å². The summed E-state index contributed by atoms with van der Waals surface area (Å²) in [5.74, 6) is 0.399. The van der Waals surface area contributed by atoms with Gasteiger partial charge in [-0.1, -0.05) is 31.5 Å². The molecule has 116 valence electrons. The molecule has 1 aromatic carbocycles. The van der Waals surface area contributed by atoms with Gasteiger partial charge in [0, 0.05) is 30.1 Å². The maximum absolute atomic E-state index is 12.7. The summed E-state index contributed by atoms with van der Waals surface area (Å²) in [5, 5.41) is 3.06. The molecule has 0 radical (unpaired) electrons. The lowest BCUT2D eigenvalue weighted by atomic mass is 9.76. The molecule has 1 aliphatic carbocycles. The van der Waals surface area contributed by atoms with Crippen molar-refractivity contribution in [2.75, 3.05) is 5.32 Å². The topological polar surface area (TPSA) is 49.4 Å². The van der Waals surface area contributed by atoms with Gasteiger partial charge in [0.1, 0.15) is 5.78 Å². The van der Waals surface area contributed by atoms with Crippen LogP contribution in [0.25, 0.3) is 0 Å². The number of hydrogen-bond acceptors (Lipinski definition) is 3. The largest absolute Gasteiger partial charge is 0.324 e. The van der Waals surface area contributed by atoms with Crippen LogP contribution in [-0.4, -0.2) is 28.7 Å². The number of para-hydroxylation sites is 1. The fourth-order valence-corrected chi connectivity index (χ4v) is 4.59. The van der Waals surface area contributed by atoms with Gasteiger partial charge in [0.2, 0.25) is 5.91 Å². The molecule has 2 heterocycles. The van der Waals surface area contributed by atoms with E-state index in [0.29, 0.717) is 18.6 Å². The van der Waals surface area contributed by atoms with E-state index in [-0.39, 0.29) is 23.4 Å². The van der Waals surface area contributed by atoms with E-state index in [0.717, 1.165) is 37.1 Å². The third-order valence-corrected chi connectivity index (χ3v) is 5.85. The summed E-state index contributed by atoms with van der Waals surface area (Å²) in [4.78, 5) is 27.6. The molecule has 2 aliphatic heterocycles. The zero-order chi connectivity index (χ0) is 15.3. The Bertz CT molecular complexity index is 642. The molecule has 1 N–H and O–H groups in total. The number of amides is 1. The molecular weight excluding hydrogens is 276 g/mol. The van der Waals surface area contributed by atoms with Gasteiger partial charge in [0.15, 0.2) is 0 Å². The van der Waals surface area contributed by atoms with Gasteiger partial charge in [0.25, 0.3) is 0 Å². The van der Waals surface area contributed by atoms with Crippen LogP contribution in [0.1, 0.15) is 44.6 Å². The zero-order valence-electron chi connectivity index (χ0n) is 13.0. The van der Waals surface area contributed by atoms with E-state index < -0.39 is 0 Å². The van der Waals surface area contributed by atoms with Crippen molar-refractivity contribution in [2.45, 2.75) is 57.7 Å². The van der Waals surface area contributed by atoms with Gasteiger partial charge in [-0.05, 0) is 30.9 Å². The van der Waals surface area contributed by atoms with Crippen LogP contribution >= 0.6 is 0 Å². The molecule has 3 aliphatic rings. The fourth-order valence-electron chi connectivity index (χ4n) is 4.59. The van der Waals surface area contributed by atoms with E-state index in [1.54, 1.807) is 0 Å². The summed E-state index contributed by atoms with van der Waals surface area (Å²) < 4.78 is 0. The van der Waals surface area contributed by atoms with Crippen molar-refractivity contribution in [1.82, 2.24) is 4.90 Å². The van der Waals surface area contributed by atoms with Gasteiger partial charge in [-0.3, -0.25) is 14.5 Å². The highest BCUT2D eigenvalue weighted by Crippen LogP contribution is 2.48. The maximum Gasteiger partial charge on any atom is 0.241 e. The van der Waals surface area contributed by atoms with Crippen LogP contribution in [0.4, 0.5) is 5.69 Å². The van der Waals surface area contributed by atoms with E-state index in [2.05, 4.69) is 23.2 Å². The number of ketones is 1. The van der Waals surface area contributed by atoms with Gasteiger partial charge in [-0.25, -0.2) is 0 Å². The number of rotatable bonds is 0. The fraction of sp³-hybridized carbons (Fsp3) is 0.556. The Morgan fingerprint density at radius 1 is 1.23 bits per heavy atom. The molecule has 22 heavy (non-hydrogen) atoms. The Morgan fingerprint density at radius 2 is 2.05 bits per heavy atom. The molecule has 4 heteroatoms. The molecule has 2 fully saturated rings. The average molecular weight is 298 g/mol. The Morgan fingerprint density at radius 3 is 2.91 bits per heavy atom. The highest BCUT2D eigenvalue weighted by molar-refractivity contribution is 5.98. The lowest BCUT2D eigenvalue weighted by Gasteiger charge is -2.33. The molecule has 1 saturated carbocycles. The first-order valence-corrected chi connectivity index (χ1v) is 8.27. The second kappa shape index (κ2) is 4.92. The van der Waals surface area contributed by atoms with Crippen molar-refractivity contribution in [2.24, 2.45) is 5.41 Å². The van der Waals surface area contributed by atoms with Gasteiger partial charge >= 0.3 is 0 Å². The van der Waals surface area contributed by atoms with Crippen molar-refractivity contribution < 1.29 is 9.59 Å². The first kappa shape index (κ1) is 13.9. The summed E-state index contributed by atoms with van der Waals surface area (Å²) in [7, 11) is 0. The molecule has 0 bridgehead atoms. The first-order chi connectivity index (χ1) is 10.6. The van der Waals surface area contributed by atoms with E-state index >= 15 is 0 Å². The minimum absolute atomic E-state index is 0.0482. The quantitative estimate of drug-likeness (QED) is 0.801. The van der Waals surface area contributed by atoms with Crippen LogP contribution in [0, 0.1) is 5.41 Å². The zero-order valence-corrected chi connectivity index (χ0v) is 13.0. The number of fused-ring (bicyclic) bond motifs is 4. The highest BCUT2D eigenvalue weighted by Gasteiger charge is 2.55. The normalized spacial score (nSPS) is 35.0. The van der Waals surface area contributed by atoms with Crippen LogP contribution in [0.15, 0.2) is 24.3 Å². The molecule has 1 aromatic rings. The van der Waals surface area contributed by atoms with Crippen LogP contribution < -0.4 is 5.32 Å². The SMILES string of the molecule is C[C@@]12C[C@@H]3C(=O)Nc4ccccc4CN3[C@@H]1CCCCC2=O. The molecule has 3 atom stereocenters. The molecule has 0 spiro atoms. The number of benzene rings is 1.